The molecule has 4 atom stereocenters. The van der Waals surface area contributed by atoms with Crippen LogP contribution in [0, 0.1) is 24.1 Å². The highest BCUT2D eigenvalue weighted by atomic mass is 19.1. The maximum atomic E-state index is 14.2. The average Bonchev–Trinajstić information content (AvgIpc) is 3.03. The molecule has 1 saturated heterocycles. The summed E-state index contributed by atoms with van der Waals surface area (Å²) in [5.41, 5.74) is 3.98. The molecule has 7 nitrogen and oxygen atoms in total. The summed E-state index contributed by atoms with van der Waals surface area (Å²) < 4.78 is 21.1. The summed E-state index contributed by atoms with van der Waals surface area (Å²) in [5.74, 6) is 0.841. The second kappa shape index (κ2) is 5.31. The molecule has 0 saturated carbocycles. The molecule has 3 rings (SSSR count). The van der Waals surface area contributed by atoms with Crippen LogP contribution in [0.2, 0.25) is 0 Å². The van der Waals surface area contributed by atoms with Crippen LogP contribution < -0.4 is 5.73 Å². The van der Waals surface area contributed by atoms with E-state index in [-0.39, 0.29) is 23.5 Å². The van der Waals surface area contributed by atoms with Gasteiger partial charge in [-0.15, -0.1) is 13.0 Å². The number of hydrogen-bond acceptors (Lipinski definition) is 6. The van der Waals surface area contributed by atoms with E-state index in [1.807, 2.05) is 0 Å². The van der Waals surface area contributed by atoms with Crippen LogP contribution in [0.4, 0.5) is 10.2 Å². The van der Waals surface area contributed by atoms with Gasteiger partial charge in [-0.3, -0.25) is 4.57 Å². The first kappa shape index (κ1) is 15.4. The molecule has 1 unspecified atom stereocenters. The van der Waals surface area contributed by atoms with Crippen molar-refractivity contribution in [2.45, 2.75) is 17.9 Å². The van der Waals surface area contributed by atoms with E-state index in [1.54, 1.807) is 0 Å². The zero-order chi connectivity index (χ0) is 16.8. The number of anilines is 1. The Hall–Kier alpha value is -2.47. The van der Waals surface area contributed by atoms with Gasteiger partial charge in [0.15, 0.2) is 23.3 Å². The zero-order valence-corrected chi connectivity index (χ0v) is 12.1. The molecule has 23 heavy (non-hydrogen) atoms. The van der Waals surface area contributed by atoms with Gasteiger partial charge in [-0.1, -0.05) is 12.0 Å². The Bertz CT molecular complexity index is 815. The molecule has 2 aromatic rings. The second-order valence-electron chi connectivity index (χ2n) is 5.28. The summed E-state index contributed by atoms with van der Waals surface area (Å²) in [6, 6.07) is 0. The van der Waals surface area contributed by atoms with E-state index in [0.29, 0.717) is 0 Å². The minimum Gasteiger partial charge on any atom is -0.394 e. The first-order chi connectivity index (χ1) is 11.0. The van der Waals surface area contributed by atoms with E-state index in [9.17, 15) is 14.6 Å². The number of ether oxygens (including phenoxy) is 1. The third-order valence-electron chi connectivity index (χ3n) is 4.10. The standard InChI is InChI=1S/C15H15FN4O3/c1-3-8-10(6-21)23-14(15(8,22)4-2)20-5-9(16)11-12(17)18-7-19-13(11)20/h2-3,5,7-8,10,14,21-22H,1,6H2,(H2,17,18,19)/t8?,10-,14-,15-/m1/s1. The summed E-state index contributed by atoms with van der Waals surface area (Å²) in [6.45, 7) is 3.24. The van der Waals surface area contributed by atoms with E-state index in [1.165, 1.54) is 17.0 Å². The third kappa shape index (κ3) is 2.02. The quantitative estimate of drug-likeness (QED) is 0.552. The number of halogens is 1. The highest BCUT2D eigenvalue weighted by Crippen LogP contribution is 2.44. The fourth-order valence-corrected chi connectivity index (χ4v) is 2.98. The third-order valence-corrected chi connectivity index (χ3v) is 4.10. The van der Waals surface area contributed by atoms with Gasteiger partial charge in [0.2, 0.25) is 0 Å². The van der Waals surface area contributed by atoms with Gasteiger partial charge in [0.1, 0.15) is 12.1 Å². The van der Waals surface area contributed by atoms with Crippen molar-refractivity contribution in [3.05, 3.63) is 31.0 Å². The zero-order valence-electron chi connectivity index (χ0n) is 12.1. The molecule has 1 aliphatic rings. The van der Waals surface area contributed by atoms with Crippen LogP contribution in [0.5, 0.6) is 0 Å². The smallest absolute Gasteiger partial charge is 0.179 e. The summed E-state index contributed by atoms with van der Waals surface area (Å²) in [5, 5.41) is 20.3. The van der Waals surface area contributed by atoms with Gasteiger partial charge in [-0.25, -0.2) is 14.4 Å². The molecule has 0 bridgehead atoms. The van der Waals surface area contributed by atoms with Gasteiger partial charge in [-0.05, 0) is 0 Å². The Morgan fingerprint density at radius 2 is 2.35 bits per heavy atom. The highest BCUT2D eigenvalue weighted by Gasteiger charge is 2.54. The van der Waals surface area contributed by atoms with E-state index >= 15 is 0 Å². The number of aromatic nitrogens is 3. The second-order valence-corrected chi connectivity index (χ2v) is 5.28. The molecule has 0 amide bonds. The van der Waals surface area contributed by atoms with Crippen molar-refractivity contribution in [2.75, 3.05) is 12.3 Å². The van der Waals surface area contributed by atoms with Crippen molar-refractivity contribution in [1.29, 1.82) is 0 Å². The molecule has 1 fully saturated rings. The molecule has 3 heterocycles. The van der Waals surface area contributed by atoms with E-state index < -0.39 is 29.7 Å². The number of aliphatic hydroxyl groups is 2. The number of hydrogen-bond donors (Lipinski definition) is 3. The summed E-state index contributed by atoms with van der Waals surface area (Å²) in [7, 11) is 0. The summed E-state index contributed by atoms with van der Waals surface area (Å²) in [6.07, 6.45) is 7.22. The Balaban J connectivity index is 2.21. The first-order valence-corrected chi connectivity index (χ1v) is 6.83. The molecule has 4 N–H and O–H groups in total. The molecule has 2 aromatic heterocycles. The van der Waals surface area contributed by atoms with Crippen molar-refractivity contribution in [3.8, 4) is 12.3 Å². The lowest BCUT2D eigenvalue weighted by atomic mass is 9.85. The fraction of sp³-hybridized carbons (Fsp3) is 0.333. The number of nitrogens with zero attached hydrogens (tertiary/aromatic N) is 3. The molecule has 0 aromatic carbocycles. The number of rotatable bonds is 3. The van der Waals surface area contributed by atoms with Crippen molar-refractivity contribution >= 4 is 16.9 Å². The minimum atomic E-state index is -1.83. The monoisotopic (exact) mass is 318 g/mol. The van der Waals surface area contributed by atoms with Gasteiger partial charge >= 0.3 is 0 Å². The van der Waals surface area contributed by atoms with Crippen LogP contribution >= 0.6 is 0 Å². The number of aliphatic hydroxyl groups excluding tert-OH is 1. The lowest BCUT2D eigenvalue weighted by molar-refractivity contribution is -0.0700. The minimum absolute atomic E-state index is 0.0121. The predicted octanol–water partition coefficient (Wildman–Crippen LogP) is 0.209. The number of fused-ring (bicyclic) bond motifs is 1. The van der Waals surface area contributed by atoms with E-state index in [0.717, 1.165) is 6.20 Å². The van der Waals surface area contributed by atoms with Gasteiger partial charge in [-0.2, -0.15) is 0 Å². The van der Waals surface area contributed by atoms with Crippen molar-refractivity contribution < 1.29 is 19.3 Å². The normalized spacial score (nSPS) is 30.4. The van der Waals surface area contributed by atoms with Crippen molar-refractivity contribution in [1.82, 2.24) is 14.5 Å². The molecule has 8 heteroatoms. The lowest BCUT2D eigenvalue weighted by Crippen LogP contribution is -2.40. The molecule has 0 aliphatic carbocycles. The topological polar surface area (TPSA) is 106 Å². The maximum absolute atomic E-state index is 14.2. The van der Waals surface area contributed by atoms with E-state index in [2.05, 4.69) is 22.5 Å². The lowest BCUT2D eigenvalue weighted by Gasteiger charge is -2.27. The number of terminal acetylenes is 1. The van der Waals surface area contributed by atoms with Gasteiger partial charge in [0, 0.05) is 6.20 Å². The van der Waals surface area contributed by atoms with Crippen LogP contribution in [0.1, 0.15) is 6.23 Å². The molecule has 120 valence electrons. The average molecular weight is 318 g/mol. The SMILES string of the molecule is C#C[C@@]1(O)C(C=C)[C@@H](CO)O[C@H]1n1cc(F)c2c(N)ncnc21. The van der Waals surface area contributed by atoms with Crippen molar-refractivity contribution in [2.24, 2.45) is 5.92 Å². The van der Waals surface area contributed by atoms with Crippen LogP contribution in [-0.4, -0.2) is 43.1 Å². The van der Waals surface area contributed by atoms with Gasteiger partial charge in [0.25, 0.3) is 0 Å². The largest absolute Gasteiger partial charge is 0.394 e. The summed E-state index contributed by atoms with van der Waals surface area (Å²) in [4.78, 5) is 7.73. The Morgan fingerprint density at radius 3 is 2.96 bits per heavy atom. The van der Waals surface area contributed by atoms with Crippen LogP contribution in [-0.2, 0) is 4.74 Å². The fourth-order valence-electron chi connectivity index (χ4n) is 2.98. The summed E-state index contributed by atoms with van der Waals surface area (Å²) >= 11 is 0. The van der Waals surface area contributed by atoms with E-state index in [4.69, 9.17) is 16.9 Å². The molecule has 0 spiro atoms. The van der Waals surface area contributed by atoms with Crippen molar-refractivity contribution in [3.63, 3.8) is 0 Å². The van der Waals surface area contributed by atoms with Crippen LogP contribution in [0.25, 0.3) is 11.0 Å². The number of nitrogens with two attached hydrogens (primary N) is 1. The predicted molar refractivity (Wildman–Crippen MR) is 80.4 cm³/mol. The maximum Gasteiger partial charge on any atom is 0.179 e. The van der Waals surface area contributed by atoms with Gasteiger partial charge in [0.05, 0.1) is 24.0 Å². The molecule has 1 aliphatic heterocycles. The Kier molecular flexibility index (Phi) is 3.56. The highest BCUT2D eigenvalue weighted by molar-refractivity contribution is 5.86. The number of nitrogen functional groups attached to an aromatic ring is 1. The van der Waals surface area contributed by atoms with Gasteiger partial charge < -0.3 is 20.7 Å². The van der Waals surface area contributed by atoms with Crippen LogP contribution in [0.15, 0.2) is 25.2 Å². The first-order valence-electron chi connectivity index (χ1n) is 6.83. The molecular weight excluding hydrogens is 303 g/mol. The molecule has 0 radical (unpaired) electrons. The Labute approximate surface area is 131 Å². The Morgan fingerprint density at radius 1 is 1.61 bits per heavy atom. The molecular formula is C15H15FN4O3. The van der Waals surface area contributed by atoms with Crippen LogP contribution in [0.3, 0.4) is 0 Å².